The van der Waals surface area contributed by atoms with E-state index in [2.05, 4.69) is 19.2 Å². The fourth-order valence-electron chi connectivity index (χ4n) is 1.93. The number of nitrogens with zero attached hydrogens (tertiary/aromatic N) is 1. The van der Waals surface area contributed by atoms with Crippen LogP contribution in [-0.2, 0) is 10.0 Å². The molecule has 0 unspecified atom stereocenters. The molecule has 0 aromatic rings. The van der Waals surface area contributed by atoms with Crippen molar-refractivity contribution in [2.75, 3.05) is 25.9 Å². The van der Waals surface area contributed by atoms with Crippen LogP contribution in [0.25, 0.3) is 0 Å². The lowest BCUT2D eigenvalue weighted by Gasteiger charge is -2.31. The van der Waals surface area contributed by atoms with E-state index in [0.717, 1.165) is 32.4 Å². The third-order valence-corrected chi connectivity index (χ3v) is 5.14. The van der Waals surface area contributed by atoms with Gasteiger partial charge in [-0.3, -0.25) is 0 Å². The molecule has 6 heteroatoms. The lowest BCUT2D eigenvalue weighted by atomic mass is 10.1. The lowest BCUT2D eigenvalue weighted by Crippen LogP contribution is -2.44. The highest BCUT2D eigenvalue weighted by Gasteiger charge is 2.27. The quantitative estimate of drug-likeness (QED) is 0.832. The number of sulfonamides is 1. The highest BCUT2D eigenvalue weighted by Crippen LogP contribution is 2.15. The molecule has 1 fully saturated rings. The number of piperidine rings is 1. The summed E-state index contributed by atoms with van der Waals surface area (Å²) in [5, 5.41) is 3.25. The SMILES string of the molecule is CC(C)CCS(=O)(=O)N(C)C1CCNCC1.Cl. The minimum absolute atomic E-state index is 0. The number of hydrogen-bond acceptors (Lipinski definition) is 3. The fraction of sp³-hybridized carbons (Fsp3) is 1.00. The largest absolute Gasteiger partial charge is 0.317 e. The molecule has 0 saturated carbocycles. The molecular formula is C11H25ClN2O2S. The second kappa shape index (κ2) is 7.56. The normalized spacial score (nSPS) is 18.4. The van der Waals surface area contributed by atoms with Crippen LogP contribution in [0.3, 0.4) is 0 Å². The van der Waals surface area contributed by atoms with E-state index < -0.39 is 10.0 Å². The van der Waals surface area contributed by atoms with Crippen LogP contribution in [0.4, 0.5) is 0 Å². The van der Waals surface area contributed by atoms with Crippen molar-refractivity contribution in [3.63, 3.8) is 0 Å². The van der Waals surface area contributed by atoms with E-state index in [0.29, 0.717) is 5.92 Å². The van der Waals surface area contributed by atoms with Crippen molar-refractivity contribution >= 4 is 22.4 Å². The van der Waals surface area contributed by atoms with Gasteiger partial charge in [-0.1, -0.05) is 13.8 Å². The highest BCUT2D eigenvalue weighted by molar-refractivity contribution is 7.89. The van der Waals surface area contributed by atoms with Crippen LogP contribution in [0.2, 0.25) is 0 Å². The molecule has 0 bridgehead atoms. The van der Waals surface area contributed by atoms with Crippen molar-refractivity contribution in [2.45, 2.75) is 39.2 Å². The average Bonchev–Trinajstić information content (AvgIpc) is 2.27. The monoisotopic (exact) mass is 284 g/mol. The van der Waals surface area contributed by atoms with Gasteiger partial charge in [-0.05, 0) is 38.3 Å². The van der Waals surface area contributed by atoms with E-state index in [1.54, 1.807) is 11.4 Å². The molecule has 104 valence electrons. The predicted molar refractivity (Wildman–Crippen MR) is 74.1 cm³/mol. The summed E-state index contributed by atoms with van der Waals surface area (Å²) in [5.41, 5.74) is 0. The molecule has 17 heavy (non-hydrogen) atoms. The van der Waals surface area contributed by atoms with Gasteiger partial charge in [-0.15, -0.1) is 12.4 Å². The van der Waals surface area contributed by atoms with Crippen LogP contribution in [0, 0.1) is 5.92 Å². The van der Waals surface area contributed by atoms with Crippen LogP contribution >= 0.6 is 12.4 Å². The molecule has 1 aliphatic heterocycles. The molecule has 0 radical (unpaired) electrons. The second-order valence-corrected chi connectivity index (χ2v) is 7.14. The Labute approximate surface area is 112 Å². The maximum Gasteiger partial charge on any atom is 0.214 e. The Morgan fingerprint density at radius 2 is 1.82 bits per heavy atom. The van der Waals surface area contributed by atoms with Crippen molar-refractivity contribution in [3.05, 3.63) is 0 Å². The fourth-order valence-corrected chi connectivity index (χ4v) is 3.65. The Morgan fingerprint density at radius 3 is 2.29 bits per heavy atom. The summed E-state index contributed by atoms with van der Waals surface area (Å²) in [6, 6.07) is 0.193. The number of nitrogens with one attached hydrogen (secondary N) is 1. The highest BCUT2D eigenvalue weighted by atomic mass is 35.5. The minimum atomic E-state index is -3.05. The number of rotatable bonds is 5. The standard InChI is InChI=1S/C11H24N2O2S.ClH/c1-10(2)6-9-16(14,15)13(3)11-4-7-12-8-5-11;/h10-12H,4-9H2,1-3H3;1H. The van der Waals surface area contributed by atoms with Crippen molar-refractivity contribution in [2.24, 2.45) is 5.92 Å². The molecule has 0 amide bonds. The van der Waals surface area contributed by atoms with Gasteiger partial charge >= 0.3 is 0 Å². The maximum absolute atomic E-state index is 12.0. The van der Waals surface area contributed by atoms with Gasteiger partial charge in [-0.2, -0.15) is 0 Å². The predicted octanol–water partition coefficient (Wildman–Crippen LogP) is 1.47. The van der Waals surface area contributed by atoms with Gasteiger partial charge in [-0.25, -0.2) is 12.7 Å². The zero-order valence-electron chi connectivity index (χ0n) is 11.0. The van der Waals surface area contributed by atoms with Crippen molar-refractivity contribution < 1.29 is 8.42 Å². The smallest absolute Gasteiger partial charge is 0.214 e. The third kappa shape index (κ3) is 5.55. The van der Waals surface area contributed by atoms with Gasteiger partial charge in [0.05, 0.1) is 5.75 Å². The average molecular weight is 285 g/mol. The Kier molecular flexibility index (Phi) is 7.63. The van der Waals surface area contributed by atoms with E-state index in [9.17, 15) is 8.42 Å². The Bertz CT molecular complexity index is 301. The van der Waals surface area contributed by atoms with E-state index in [1.807, 2.05) is 0 Å². The molecule has 0 atom stereocenters. The summed E-state index contributed by atoms with van der Waals surface area (Å²) < 4.78 is 25.7. The molecule has 1 N–H and O–H groups in total. The summed E-state index contributed by atoms with van der Waals surface area (Å²) in [6.45, 7) is 5.96. The Morgan fingerprint density at radius 1 is 1.29 bits per heavy atom. The van der Waals surface area contributed by atoms with Crippen molar-refractivity contribution in [1.29, 1.82) is 0 Å². The molecule has 0 aromatic heterocycles. The van der Waals surface area contributed by atoms with Crippen LogP contribution in [-0.4, -0.2) is 44.7 Å². The first-order valence-corrected chi connectivity index (χ1v) is 7.71. The van der Waals surface area contributed by atoms with Crippen molar-refractivity contribution in [1.82, 2.24) is 9.62 Å². The third-order valence-electron chi connectivity index (χ3n) is 3.21. The van der Waals surface area contributed by atoms with Gasteiger partial charge in [0.1, 0.15) is 0 Å². The summed E-state index contributed by atoms with van der Waals surface area (Å²) in [5.74, 6) is 0.724. The number of hydrogen-bond donors (Lipinski definition) is 1. The van der Waals surface area contributed by atoms with Crippen LogP contribution < -0.4 is 5.32 Å². The number of halogens is 1. The first-order chi connectivity index (χ1) is 7.43. The first kappa shape index (κ1) is 17.2. The molecule has 0 spiro atoms. The van der Waals surface area contributed by atoms with Gasteiger partial charge in [0.15, 0.2) is 0 Å². The lowest BCUT2D eigenvalue weighted by molar-refractivity contribution is 0.295. The maximum atomic E-state index is 12.0. The van der Waals surface area contributed by atoms with Crippen molar-refractivity contribution in [3.8, 4) is 0 Å². The van der Waals surface area contributed by atoms with Crippen LogP contribution in [0.15, 0.2) is 0 Å². The van der Waals surface area contributed by atoms with E-state index in [1.165, 1.54) is 0 Å². The van der Waals surface area contributed by atoms with Gasteiger partial charge < -0.3 is 5.32 Å². The summed E-state index contributed by atoms with van der Waals surface area (Å²) >= 11 is 0. The molecule has 0 aromatic carbocycles. The van der Waals surface area contributed by atoms with Gasteiger partial charge in [0.2, 0.25) is 10.0 Å². The minimum Gasteiger partial charge on any atom is -0.317 e. The van der Waals surface area contributed by atoms with E-state index >= 15 is 0 Å². The first-order valence-electron chi connectivity index (χ1n) is 6.10. The Balaban J connectivity index is 0.00000256. The van der Waals surface area contributed by atoms with E-state index in [4.69, 9.17) is 0 Å². The molecule has 1 heterocycles. The molecular weight excluding hydrogens is 260 g/mol. The molecule has 1 aliphatic rings. The summed E-state index contributed by atoms with van der Waals surface area (Å²) in [4.78, 5) is 0. The Hall–Kier alpha value is 0.160. The van der Waals surface area contributed by atoms with Crippen LogP contribution in [0.5, 0.6) is 0 Å². The topological polar surface area (TPSA) is 49.4 Å². The van der Waals surface area contributed by atoms with Gasteiger partial charge in [0, 0.05) is 13.1 Å². The molecule has 1 rings (SSSR count). The zero-order valence-corrected chi connectivity index (χ0v) is 12.6. The van der Waals surface area contributed by atoms with Gasteiger partial charge in [0.25, 0.3) is 0 Å². The molecule has 1 saturated heterocycles. The van der Waals surface area contributed by atoms with Crippen LogP contribution in [0.1, 0.15) is 33.1 Å². The molecule has 0 aliphatic carbocycles. The molecule has 4 nitrogen and oxygen atoms in total. The van der Waals surface area contributed by atoms with E-state index in [-0.39, 0.29) is 24.2 Å². The summed E-state index contributed by atoms with van der Waals surface area (Å²) in [6.07, 6.45) is 2.60. The second-order valence-electron chi connectivity index (χ2n) is 5.00. The summed E-state index contributed by atoms with van der Waals surface area (Å²) in [7, 11) is -1.32. The zero-order chi connectivity index (χ0) is 12.2.